The summed E-state index contributed by atoms with van der Waals surface area (Å²) in [6, 6.07) is 7.63. The first kappa shape index (κ1) is 10.7. The average Bonchev–Trinajstić information content (AvgIpc) is 2.68. The van der Waals surface area contributed by atoms with E-state index in [0.29, 0.717) is 17.7 Å². The van der Waals surface area contributed by atoms with Crippen LogP contribution in [0.25, 0.3) is 11.0 Å². The SMILES string of the molecule is CC(C)OCc1nc2c(C#N)cccc2[nH]1. The van der Waals surface area contributed by atoms with Crippen LogP contribution >= 0.6 is 0 Å². The molecule has 1 aromatic carbocycles. The lowest BCUT2D eigenvalue weighted by Crippen LogP contribution is -2.03. The predicted molar refractivity (Wildman–Crippen MR) is 60.7 cm³/mol. The van der Waals surface area contributed by atoms with E-state index >= 15 is 0 Å². The van der Waals surface area contributed by atoms with Crippen molar-refractivity contribution in [2.45, 2.75) is 26.6 Å². The molecule has 0 aliphatic rings. The largest absolute Gasteiger partial charge is 0.371 e. The number of benzene rings is 1. The van der Waals surface area contributed by atoms with Gasteiger partial charge in [0.25, 0.3) is 0 Å². The minimum Gasteiger partial charge on any atom is -0.371 e. The van der Waals surface area contributed by atoms with Crippen molar-refractivity contribution in [1.29, 1.82) is 5.26 Å². The number of H-pyrrole nitrogens is 1. The molecule has 2 rings (SSSR count). The number of aromatic amines is 1. The lowest BCUT2D eigenvalue weighted by atomic mass is 10.2. The molecular weight excluding hydrogens is 202 g/mol. The summed E-state index contributed by atoms with van der Waals surface area (Å²) in [5, 5.41) is 8.93. The third kappa shape index (κ3) is 2.05. The van der Waals surface area contributed by atoms with Crippen LogP contribution in [0.4, 0.5) is 0 Å². The molecule has 0 bridgehead atoms. The number of hydrogen-bond donors (Lipinski definition) is 1. The van der Waals surface area contributed by atoms with E-state index in [1.54, 1.807) is 6.07 Å². The zero-order valence-electron chi connectivity index (χ0n) is 9.32. The minimum absolute atomic E-state index is 0.170. The molecule has 1 heterocycles. The first-order valence-corrected chi connectivity index (χ1v) is 5.20. The van der Waals surface area contributed by atoms with Gasteiger partial charge in [0.05, 0.1) is 17.2 Å². The van der Waals surface area contributed by atoms with Gasteiger partial charge in [-0.1, -0.05) is 6.07 Å². The molecule has 0 spiro atoms. The van der Waals surface area contributed by atoms with Gasteiger partial charge in [-0.05, 0) is 26.0 Å². The molecule has 16 heavy (non-hydrogen) atoms. The van der Waals surface area contributed by atoms with Crippen LogP contribution in [0, 0.1) is 11.3 Å². The number of hydrogen-bond acceptors (Lipinski definition) is 3. The van der Waals surface area contributed by atoms with Gasteiger partial charge in [0.1, 0.15) is 24.0 Å². The maximum atomic E-state index is 8.93. The van der Waals surface area contributed by atoms with E-state index in [1.807, 2.05) is 26.0 Å². The summed E-state index contributed by atoms with van der Waals surface area (Å²) in [5.41, 5.74) is 2.18. The molecule has 0 unspecified atom stereocenters. The van der Waals surface area contributed by atoms with Gasteiger partial charge >= 0.3 is 0 Å². The molecule has 1 aromatic heterocycles. The molecule has 2 aromatic rings. The van der Waals surface area contributed by atoms with E-state index in [-0.39, 0.29) is 6.10 Å². The van der Waals surface area contributed by atoms with Crippen LogP contribution in [-0.2, 0) is 11.3 Å². The Labute approximate surface area is 93.9 Å². The lowest BCUT2D eigenvalue weighted by Gasteiger charge is -2.03. The van der Waals surface area contributed by atoms with Crippen LogP contribution in [0.5, 0.6) is 0 Å². The van der Waals surface area contributed by atoms with E-state index in [1.165, 1.54) is 0 Å². The second kappa shape index (κ2) is 4.33. The number of nitrogens with one attached hydrogen (secondary N) is 1. The number of imidazole rings is 1. The summed E-state index contributed by atoms with van der Waals surface area (Å²) in [7, 11) is 0. The molecule has 0 saturated heterocycles. The molecule has 0 saturated carbocycles. The summed E-state index contributed by atoms with van der Waals surface area (Å²) in [5.74, 6) is 0.756. The summed E-state index contributed by atoms with van der Waals surface area (Å²) in [4.78, 5) is 7.49. The van der Waals surface area contributed by atoms with Gasteiger partial charge in [0, 0.05) is 0 Å². The lowest BCUT2D eigenvalue weighted by molar-refractivity contribution is 0.0618. The minimum atomic E-state index is 0.170. The quantitative estimate of drug-likeness (QED) is 0.854. The number of rotatable bonds is 3. The zero-order chi connectivity index (χ0) is 11.5. The van der Waals surface area contributed by atoms with Crippen molar-refractivity contribution in [2.75, 3.05) is 0 Å². The van der Waals surface area contributed by atoms with E-state index in [9.17, 15) is 0 Å². The van der Waals surface area contributed by atoms with Crippen LogP contribution in [0.1, 0.15) is 25.2 Å². The molecular formula is C12H13N3O. The topological polar surface area (TPSA) is 61.7 Å². The fraction of sp³-hybridized carbons (Fsp3) is 0.333. The van der Waals surface area contributed by atoms with Crippen molar-refractivity contribution in [3.63, 3.8) is 0 Å². The van der Waals surface area contributed by atoms with E-state index in [0.717, 1.165) is 11.3 Å². The van der Waals surface area contributed by atoms with E-state index in [4.69, 9.17) is 10.00 Å². The Morgan fingerprint density at radius 2 is 2.31 bits per heavy atom. The standard InChI is InChI=1S/C12H13N3O/c1-8(2)16-7-11-14-10-5-3-4-9(6-13)12(10)15-11/h3-5,8H,7H2,1-2H3,(H,14,15). The van der Waals surface area contributed by atoms with Crippen LogP contribution in [0.15, 0.2) is 18.2 Å². The van der Waals surface area contributed by atoms with Gasteiger partial charge in [0.2, 0.25) is 0 Å². The molecule has 82 valence electrons. The molecule has 0 aliphatic carbocycles. The first-order chi connectivity index (χ1) is 7.70. The molecule has 1 N–H and O–H groups in total. The number of nitriles is 1. The number of aromatic nitrogens is 2. The summed E-state index contributed by atoms with van der Waals surface area (Å²) in [6.07, 6.45) is 0.170. The number of para-hydroxylation sites is 1. The monoisotopic (exact) mass is 215 g/mol. The second-order valence-corrected chi connectivity index (χ2v) is 3.86. The zero-order valence-corrected chi connectivity index (χ0v) is 9.32. The molecule has 0 radical (unpaired) electrons. The van der Waals surface area contributed by atoms with E-state index < -0.39 is 0 Å². The Kier molecular flexibility index (Phi) is 2.88. The van der Waals surface area contributed by atoms with Gasteiger partial charge in [-0.15, -0.1) is 0 Å². The maximum absolute atomic E-state index is 8.93. The van der Waals surface area contributed by atoms with Crippen molar-refractivity contribution >= 4 is 11.0 Å². The van der Waals surface area contributed by atoms with Crippen molar-refractivity contribution in [3.05, 3.63) is 29.6 Å². The number of ether oxygens (including phenoxy) is 1. The van der Waals surface area contributed by atoms with Crippen LogP contribution in [-0.4, -0.2) is 16.1 Å². The van der Waals surface area contributed by atoms with Gasteiger partial charge in [-0.2, -0.15) is 5.26 Å². The van der Waals surface area contributed by atoms with Crippen molar-refractivity contribution < 1.29 is 4.74 Å². The normalized spacial score (nSPS) is 10.9. The molecule has 0 amide bonds. The fourth-order valence-corrected chi connectivity index (χ4v) is 1.49. The van der Waals surface area contributed by atoms with Crippen LogP contribution in [0.3, 0.4) is 0 Å². The van der Waals surface area contributed by atoms with Crippen molar-refractivity contribution in [2.24, 2.45) is 0 Å². The maximum Gasteiger partial charge on any atom is 0.133 e. The van der Waals surface area contributed by atoms with Crippen LogP contribution < -0.4 is 0 Å². The van der Waals surface area contributed by atoms with Gasteiger partial charge in [0.15, 0.2) is 0 Å². The van der Waals surface area contributed by atoms with Gasteiger partial charge in [-0.3, -0.25) is 0 Å². The van der Waals surface area contributed by atoms with Crippen LogP contribution in [0.2, 0.25) is 0 Å². The summed E-state index contributed by atoms with van der Waals surface area (Å²) >= 11 is 0. The van der Waals surface area contributed by atoms with Gasteiger partial charge in [-0.25, -0.2) is 4.98 Å². The highest BCUT2D eigenvalue weighted by Gasteiger charge is 2.07. The molecule has 4 heteroatoms. The Bertz CT molecular complexity index is 537. The Morgan fingerprint density at radius 1 is 1.50 bits per heavy atom. The Hall–Kier alpha value is -1.86. The van der Waals surface area contributed by atoms with E-state index in [2.05, 4.69) is 16.0 Å². The predicted octanol–water partition coefficient (Wildman–Crippen LogP) is 2.36. The third-order valence-corrected chi connectivity index (χ3v) is 2.24. The summed E-state index contributed by atoms with van der Waals surface area (Å²) < 4.78 is 5.45. The second-order valence-electron chi connectivity index (χ2n) is 3.86. The number of fused-ring (bicyclic) bond motifs is 1. The molecule has 4 nitrogen and oxygen atoms in total. The average molecular weight is 215 g/mol. The number of nitrogens with zero attached hydrogens (tertiary/aromatic N) is 2. The Balaban J connectivity index is 2.33. The first-order valence-electron chi connectivity index (χ1n) is 5.20. The highest BCUT2D eigenvalue weighted by molar-refractivity contribution is 5.81. The fourth-order valence-electron chi connectivity index (χ4n) is 1.49. The third-order valence-electron chi connectivity index (χ3n) is 2.24. The highest BCUT2D eigenvalue weighted by Crippen LogP contribution is 2.16. The summed E-state index contributed by atoms with van der Waals surface area (Å²) in [6.45, 7) is 4.39. The van der Waals surface area contributed by atoms with Crippen molar-refractivity contribution in [3.8, 4) is 6.07 Å². The van der Waals surface area contributed by atoms with Crippen molar-refractivity contribution in [1.82, 2.24) is 9.97 Å². The highest BCUT2D eigenvalue weighted by atomic mass is 16.5. The molecule has 0 atom stereocenters. The Morgan fingerprint density at radius 3 is 3.00 bits per heavy atom. The molecule has 0 fully saturated rings. The van der Waals surface area contributed by atoms with Gasteiger partial charge < -0.3 is 9.72 Å². The molecule has 0 aliphatic heterocycles. The smallest absolute Gasteiger partial charge is 0.133 e.